The quantitative estimate of drug-likeness (QED) is 0.677. The average molecular weight is 432 g/mol. The Bertz CT molecular complexity index is 883. The molecule has 1 fully saturated rings. The van der Waals surface area contributed by atoms with E-state index in [1.165, 1.54) is 0 Å². The first-order valence-electron chi connectivity index (χ1n) is 9.94. The van der Waals surface area contributed by atoms with E-state index in [9.17, 15) is 9.59 Å². The van der Waals surface area contributed by atoms with Crippen molar-refractivity contribution < 1.29 is 23.8 Å². The van der Waals surface area contributed by atoms with Gasteiger partial charge in [0.2, 0.25) is 6.79 Å². The first-order chi connectivity index (χ1) is 14.6. The highest BCUT2D eigenvalue weighted by Crippen LogP contribution is 2.32. The molecule has 1 aromatic carbocycles. The summed E-state index contributed by atoms with van der Waals surface area (Å²) in [6.07, 6.45) is 0. The van der Waals surface area contributed by atoms with E-state index >= 15 is 0 Å². The molecule has 30 heavy (non-hydrogen) atoms. The third-order valence-corrected chi connectivity index (χ3v) is 6.15. The van der Waals surface area contributed by atoms with Crippen LogP contribution in [0.4, 0.5) is 0 Å². The smallest absolute Gasteiger partial charge is 0.309 e. The van der Waals surface area contributed by atoms with E-state index in [1.807, 2.05) is 24.4 Å². The highest BCUT2D eigenvalue weighted by atomic mass is 32.1. The fraction of sp³-hybridized carbons (Fsp3) is 0.429. The number of morpholine rings is 1. The highest BCUT2D eigenvalue weighted by molar-refractivity contribution is 7.10. The molecule has 9 heteroatoms. The van der Waals surface area contributed by atoms with Crippen molar-refractivity contribution in [3.8, 4) is 11.5 Å². The Morgan fingerprint density at radius 3 is 2.70 bits per heavy atom. The topological polar surface area (TPSA) is 89.1 Å². The van der Waals surface area contributed by atoms with E-state index in [4.69, 9.17) is 14.2 Å². The fourth-order valence-electron chi connectivity index (χ4n) is 3.72. The predicted octanol–water partition coefficient (Wildman–Crippen LogP) is 1.67. The van der Waals surface area contributed by atoms with Gasteiger partial charge in [-0.3, -0.25) is 14.5 Å². The first-order valence-corrected chi connectivity index (χ1v) is 10.8. The maximum atomic E-state index is 12.5. The van der Waals surface area contributed by atoms with Gasteiger partial charge >= 0.3 is 11.8 Å². The lowest BCUT2D eigenvalue weighted by molar-refractivity contribution is -0.140. The number of carbonyl (C=O) groups is 2. The molecule has 2 aliphatic heterocycles. The summed E-state index contributed by atoms with van der Waals surface area (Å²) in [4.78, 5) is 28.3. The second kappa shape index (κ2) is 9.46. The minimum absolute atomic E-state index is 0.000454. The standard InChI is InChI=1S/C21H25N3O5S/c1-14(19(18-3-2-10-30-18)24-6-8-27-9-7-24)23-21(26)20(25)22-12-15-4-5-16-17(11-15)29-13-28-16/h2-5,10-11,14,19H,6-9,12-13H2,1H3,(H,22,25)(H,23,26)/t14-,19+/m1/s1. The predicted molar refractivity (Wildman–Crippen MR) is 111 cm³/mol. The third kappa shape index (κ3) is 4.75. The summed E-state index contributed by atoms with van der Waals surface area (Å²) in [6.45, 7) is 5.27. The number of nitrogens with one attached hydrogen (secondary N) is 2. The fourth-order valence-corrected chi connectivity index (χ4v) is 4.69. The van der Waals surface area contributed by atoms with E-state index in [0.29, 0.717) is 24.7 Å². The van der Waals surface area contributed by atoms with E-state index in [2.05, 4.69) is 21.6 Å². The molecular formula is C21H25N3O5S. The summed E-state index contributed by atoms with van der Waals surface area (Å²) in [5.74, 6) is 0.0213. The number of carbonyl (C=O) groups excluding carboxylic acids is 2. The van der Waals surface area contributed by atoms with Crippen LogP contribution < -0.4 is 20.1 Å². The Hall–Kier alpha value is -2.62. The van der Waals surface area contributed by atoms with Gasteiger partial charge in [0.1, 0.15) is 0 Å². The first kappa shape index (κ1) is 20.6. The van der Waals surface area contributed by atoms with Crippen LogP contribution in [0.2, 0.25) is 0 Å². The number of fused-ring (bicyclic) bond motifs is 1. The second-order valence-electron chi connectivity index (χ2n) is 7.24. The SMILES string of the molecule is C[C@@H](NC(=O)C(=O)NCc1ccc2c(c1)OCO2)[C@@H](c1cccs1)N1CCOCC1. The normalized spacial score (nSPS) is 17.9. The van der Waals surface area contributed by atoms with Crippen molar-refractivity contribution in [2.45, 2.75) is 25.6 Å². The average Bonchev–Trinajstić information content (AvgIpc) is 3.44. The van der Waals surface area contributed by atoms with Gasteiger partial charge < -0.3 is 24.8 Å². The summed E-state index contributed by atoms with van der Waals surface area (Å²) in [6, 6.07) is 9.26. The van der Waals surface area contributed by atoms with Crippen molar-refractivity contribution in [3.05, 3.63) is 46.2 Å². The van der Waals surface area contributed by atoms with E-state index in [1.54, 1.807) is 23.5 Å². The van der Waals surface area contributed by atoms with Gasteiger partial charge in [0.05, 0.1) is 19.3 Å². The van der Waals surface area contributed by atoms with Crippen molar-refractivity contribution in [2.75, 3.05) is 33.1 Å². The minimum Gasteiger partial charge on any atom is -0.454 e. The van der Waals surface area contributed by atoms with E-state index in [-0.39, 0.29) is 25.4 Å². The Balaban J connectivity index is 1.34. The summed E-state index contributed by atoms with van der Waals surface area (Å²) in [5, 5.41) is 7.57. The zero-order chi connectivity index (χ0) is 20.9. The van der Waals surface area contributed by atoms with Crippen LogP contribution in [0, 0.1) is 0 Å². The van der Waals surface area contributed by atoms with Crippen LogP contribution in [0.1, 0.15) is 23.4 Å². The Kier molecular flexibility index (Phi) is 6.51. The molecule has 3 heterocycles. The van der Waals surface area contributed by atoms with Crippen LogP contribution in [0.15, 0.2) is 35.7 Å². The molecule has 4 rings (SSSR count). The lowest BCUT2D eigenvalue weighted by atomic mass is 10.1. The summed E-state index contributed by atoms with van der Waals surface area (Å²) in [7, 11) is 0. The number of hydrogen-bond acceptors (Lipinski definition) is 7. The van der Waals surface area contributed by atoms with Gasteiger partial charge in [0.15, 0.2) is 11.5 Å². The molecule has 160 valence electrons. The molecule has 0 radical (unpaired) electrons. The molecule has 0 unspecified atom stereocenters. The van der Waals surface area contributed by atoms with Crippen LogP contribution in [-0.4, -0.2) is 55.9 Å². The van der Waals surface area contributed by atoms with Gasteiger partial charge in [0, 0.05) is 30.6 Å². The molecule has 8 nitrogen and oxygen atoms in total. The molecule has 2 amide bonds. The molecular weight excluding hydrogens is 406 g/mol. The van der Waals surface area contributed by atoms with Crippen molar-refractivity contribution >= 4 is 23.2 Å². The number of thiophene rings is 1. The van der Waals surface area contributed by atoms with Gasteiger partial charge in [-0.25, -0.2) is 0 Å². The van der Waals surface area contributed by atoms with Crippen molar-refractivity contribution in [1.29, 1.82) is 0 Å². The second-order valence-corrected chi connectivity index (χ2v) is 8.22. The molecule has 2 atom stereocenters. The highest BCUT2D eigenvalue weighted by Gasteiger charge is 2.30. The van der Waals surface area contributed by atoms with Gasteiger partial charge in [-0.15, -0.1) is 11.3 Å². The van der Waals surface area contributed by atoms with Gasteiger partial charge in [-0.2, -0.15) is 0 Å². The third-order valence-electron chi connectivity index (χ3n) is 5.20. The monoisotopic (exact) mass is 431 g/mol. The zero-order valence-corrected chi connectivity index (χ0v) is 17.6. The van der Waals surface area contributed by atoms with Gasteiger partial charge in [-0.05, 0) is 36.1 Å². The molecule has 2 aliphatic rings. The molecule has 2 N–H and O–H groups in total. The summed E-state index contributed by atoms with van der Waals surface area (Å²) >= 11 is 1.65. The summed E-state index contributed by atoms with van der Waals surface area (Å²) < 4.78 is 16.1. The van der Waals surface area contributed by atoms with Crippen molar-refractivity contribution in [2.24, 2.45) is 0 Å². The number of ether oxygens (including phenoxy) is 3. The Morgan fingerprint density at radius 1 is 1.13 bits per heavy atom. The molecule has 0 aliphatic carbocycles. The number of rotatable bonds is 6. The van der Waals surface area contributed by atoms with Gasteiger partial charge in [-0.1, -0.05) is 12.1 Å². The maximum Gasteiger partial charge on any atom is 0.309 e. The molecule has 0 bridgehead atoms. The molecule has 1 aromatic heterocycles. The Labute approximate surface area is 179 Å². The molecule has 0 saturated carbocycles. The lowest BCUT2D eigenvalue weighted by Gasteiger charge is -2.37. The van der Waals surface area contributed by atoms with Crippen molar-refractivity contribution in [3.63, 3.8) is 0 Å². The minimum atomic E-state index is -0.661. The largest absolute Gasteiger partial charge is 0.454 e. The van der Waals surface area contributed by atoms with E-state index < -0.39 is 11.8 Å². The number of benzene rings is 1. The maximum absolute atomic E-state index is 12.5. The van der Waals surface area contributed by atoms with Crippen LogP contribution in [0.3, 0.4) is 0 Å². The van der Waals surface area contributed by atoms with Crippen LogP contribution in [0.25, 0.3) is 0 Å². The Morgan fingerprint density at radius 2 is 1.93 bits per heavy atom. The molecule has 1 saturated heterocycles. The van der Waals surface area contributed by atoms with Crippen LogP contribution >= 0.6 is 11.3 Å². The number of amides is 2. The summed E-state index contributed by atoms with van der Waals surface area (Å²) in [5.41, 5.74) is 0.832. The lowest BCUT2D eigenvalue weighted by Crippen LogP contribution is -2.51. The van der Waals surface area contributed by atoms with Crippen LogP contribution in [-0.2, 0) is 20.9 Å². The number of nitrogens with zero attached hydrogens (tertiary/aromatic N) is 1. The van der Waals surface area contributed by atoms with E-state index in [0.717, 1.165) is 23.5 Å². The molecule has 0 spiro atoms. The molecule has 2 aromatic rings. The van der Waals surface area contributed by atoms with Gasteiger partial charge in [0.25, 0.3) is 0 Å². The van der Waals surface area contributed by atoms with Crippen molar-refractivity contribution in [1.82, 2.24) is 15.5 Å². The zero-order valence-electron chi connectivity index (χ0n) is 16.8. The van der Waals surface area contributed by atoms with Crippen LogP contribution in [0.5, 0.6) is 11.5 Å². The number of hydrogen-bond donors (Lipinski definition) is 2.